The summed E-state index contributed by atoms with van der Waals surface area (Å²) in [4.78, 5) is 55.6. The third-order valence-electron chi connectivity index (χ3n) is 12.0. The normalized spacial score (nSPS) is 22.0. The fourth-order valence-electron chi connectivity index (χ4n) is 8.73. The van der Waals surface area contributed by atoms with Crippen LogP contribution in [0, 0.1) is 5.92 Å². The molecule has 0 bridgehead atoms. The second kappa shape index (κ2) is 20.1. The summed E-state index contributed by atoms with van der Waals surface area (Å²) < 4.78 is 0. The Morgan fingerprint density at radius 2 is 1.28 bits per heavy atom. The van der Waals surface area contributed by atoms with Crippen LogP contribution in [0.2, 0.25) is 0 Å². The van der Waals surface area contributed by atoms with Crippen LogP contribution in [-0.4, -0.2) is 48.3 Å². The van der Waals surface area contributed by atoms with Gasteiger partial charge in [0.05, 0.1) is 19.1 Å². The molecule has 12 heteroatoms. The van der Waals surface area contributed by atoms with Gasteiger partial charge in [0, 0.05) is 38.5 Å². The average Bonchev–Trinajstić information content (AvgIpc) is 4.06. The Balaban J connectivity index is 0.000000177. The quantitative estimate of drug-likeness (QED) is 0.0987. The van der Waals surface area contributed by atoms with Gasteiger partial charge in [-0.25, -0.2) is 0 Å². The highest BCUT2D eigenvalue weighted by molar-refractivity contribution is 7.12. The molecule has 1 saturated heterocycles. The molecule has 4 amide bonds. The molecule has 308 valence electrons. The molecular formula is C46H58N6O4S2. The molecule has 2 aliphatic heterocycles. The Kier molecular flexibility index (Phi) is 14.5. The molecule has 2 aromatic carbocycles. The maximum atomic E-state index is 12.8. The Morgan fingerprint density at radius 3 is 1.91 bits per heavy atom. The van der Waals surface area contributed by atoms with Gasteiger partial charge in [0.25, 0.3) is 0 Å². The first kappa shape index (κ1) is 41.8. The van der Waals surface area contributed by atoms with Crippen LogP contribution in [-0.2, 0) is 58.2 Å². The second-order valence-electron chi connectivity index (χ2n) is 16.3. The van der Waals surface area contributed by atoms with Gasteiger partial charge in [-0.3, -0.25) is 19.2 Å². The lowest BCUT2D eigenvalue weighted by molar-refractivity contribution is -0.131. The van der Waals surface area contributed by atoms with Crippen molar-refractivity contribution in [2.75, 3.05) is 6.54 Å². The van der Waals surface area contributed by atoms with Crippen molar-refractivity contribution in [3.8, 4) is 0 Å². The van der Waals surface area contributed by atoms with Gasteiger partial charge in [0.1, 0.15) is 12.1 Å². The van der Waals surface area contributed by atoms with Crippen molar-refractivity contribution >= 4 is 46.3 Å². The molecule has 2 aromatic heterocycles. The predicted molar refractivity (Wildman–Crippen MR) is 231 cm³/mol. The molecule has 0 spiro atoms. The zero-order valence-electron chi connectivity index (χ0n) is 33.7. The van der Waals surface area contributed by atoms with Crippen LogP contribution in [0.5, 0.6) is 0 Å². The molecule has 4 aromatic rings. The van der Waals surface area contributed by atoms with Crippen molar-refractivity contribution < 1.29 is 19.2 Å². The first-order valence-corrected chi connectivity index (χ1v) is 22.7. The van der Waals surface area contributed by atoms with Gasteiger partial charge in [0.2, 0.25) is 23.6 Å². The topological polar surface area (TPSA) is 140 Å². The molecule has 0 radical (unpaired) electrons. The summed E-state index contributed by atoms with van der Waals surface area (Å²) in [6, 6.07) is 23.8. The van der Waals surface area contributed by atoms with E-state index in [9.17, 15) is 19.2 Å². The number of aryl methyl sites for hydroxylation is 2. The summed E-state index contributed by atoms with van der Waals surface area (Å²) >= 11 is 3.54. The number of hydrogen-bond donors (Lipinski definition) is 6. The summed E-state index contributed by atoms with van der Waals surface area (Å²) in [6.45, 7) is 7.20. The fraction of sp³-hybridized carbons (Fsp3) is 0.478. The fourth-order valence-corrected chi connectivity index (χ4v) is 11.0. The molecule has 10 nitrogen and oxygen atoms in total. The van der Waals surface area contributed by atoms with E-state index in [1.54, 1.807) is 25.2 Å². The summed E-state index contributed by atoms with van der Waals surface area (Å²) in [5, 5.41) is 18.4. The maximum absolute atomic E-state index is 12.8. The number of hydrogen-bond acceptors (Lipinski definition) is 8. The summed E-state index contributed by atoms with van der Waals surface area (Å²) in [7, 11) is 0. The number of fused-ring (bicyclic) bond motifs is 2. The number of piperidine rings is 1. The molecular weight excluding hydrogens is 765 g/mol. The van der Waals surface area contributed by atoms with E-state index in [1.165, 1.54) is 49.7 Å². The highest BCUT2D eigenvalue weighted by atomic mass is 32.1. The van der Waals surface area contributed by atoms with Gasteiger partial charge < -0.3 is 31.9 Å². The minimum atomic E-state index is -0.560. The average molecular weight is 823 g/mol. The summed E-state index contributed by atoms with van der Waals surface area (Å²) in [5.74, 6) is 0.448. The van der Waals surface area contributed by atoms with E-state index in [0.29, 0.717) is 24.9 Å². The molecule has 58 heavy (non-hydrogen) atoms. The second-order valence-corrected chi connectivity index (χ2v) is 18.7. The molecule has 1 saturated carbocycles. The van der Waals surface area contributed by atoms with Crippen molar-refractivity contribution in [3.05, 3.63) is 115 Å². The monoisotopic (exact) mass is 822 g/mol. The first-order chi connectivity index (χ1) is 28.2. The largest absolute Gasteiger partial charge is 0.349 e. The van der Waals surface area contributed by atoms with E-state index in [1.807, 2.05) is 35.6 Å². The van der Waals surface area contributed by atoms with E-state index in [-0.39, 0.29) is 35.6 Å². The number of carbonyl (C=O) groups is 4. The smallest absolute Gasteiger partial charge is 0.242 e. The molecule has 8 rings (SSSR count). The van der Waals surface area contributed by atoms with Crippen molar-refractivity contribution in [1.29, 1.82) is 0 Å². The highest BCUT2D eigenvalue weighted by Crippen LogP contribution is 2.36. The van der Waals surface area contributed by atoms with Crippen LogP contribution in [0.4, 0.5) is 0 Å². The molecule has 2 fully saturated rings. The van der Waals surface area contributed by atoms with Crippen LogP contribution >= 0.6 is 22.7 Å². The summed E-state index contributed by atoms with van der Waals surface area (Å²) in [5.41, 5.74) is 5.37. The standard InChI is InChI=1S/C24H30N2O2S.C22H28N4O2S/c1-16(23(27)25-15-21-14-19-10-6-12-22(19)29-21)26-24(28)20-11-5-9-18(13-20)17-7-3-2-4-8-17;1-14(21(27)25-12-18-9-17-11-23-13-20(17)29-18)26-22(28)19-10-16(7-8-24-19)15-5-3-2-4-6-15/h2-4,7-8,14,16,18,20H,5-6,9-13,15H2,1H3,(H,25,27)(H,26,28);2-6,9,14,16,19,23-24H,7-8,10-13H2,1H3,(H,25,27)(H,26,28)/t16-,18-,20+;14-,16-,19+/m00/s1. The van der Waals surface area contributed by atoms with Gasteiger partial charge >= 0.3 is 0 Å². The number of carbonyl (C=O) groups excluding carboxylic acids is 4. The number of rotatable bonds is 12. The zero-order valence-corrected chi connectivity index (χ0v) is 35.4. The summed E-state index contributed by atoms with van der Waals surface area (Å²) in [6.07, 6.45) is 9.32. The van der Waals surface area contributed by atoms with Crippen molar-refractivity contribution in [2.45, 2.75) is 128 Å². The number of thiophene rings is 2. The van der Waals surface area contributed by atoms with Crippen LogP contribution in [0.1, 0.15) is 112 Å². The van der Waals surface area contributed by atoms with Crippen LogP contribution in [0.3, 0.4) is 0 Å². The van der Waals surface area contributed by atoms with Gasteiger partial charge in [0.15, 0.2) is 0 Å². The van der Waals surface area contributed by atoms with Crippen LogP contribution < -0.4 is 31.9 Å². The number of amides is 4. The third-order valence-corrected chi connectivity index (χ3v) is 14.4. The molecule has 4 aliphatic rings. The molecule has 0 unspecified atom stereocenters. The van der Waals surface area contributed by atoms with Gasteiger partial charge in [-0.05, 0) is 118 Å². The Labute approximate surface area is 350 Å². The Hall–Kier alpha value is -4.36. The minimum absolute atomic E-state index is 0.00974. The van der Waals surface area contributed by atoms with Crippen LogP contribution in [0.15, 0.2) is 72.8 Å². The van der Waals surface area contributed by atoms with E-state index in [2.05, 4.69) is 80.4 Å². The molecule has 6 N–H and O–H groups in total. The van der Waals surface area contributed by atoms with Gasteiger partial charge in [-0.15, -0.1) is 22.7 Å². The number of nitrogens with one attached hydrogen (secondary N) is 6. The lowest BCUT2D eigenvalue weighted by atomic mass is 9.77. The van der Waals surface area contributed by atoms with E-state index < -0.39 is 12.1 Å². The van der Waals surface area contributed by atoms with Crippen molar-refractivity contribution in [2.24, 2.45) is 5.92 Å². The predicted octanol–water partition coefficient (Wildman–Crippen LogP) is 6.34. The van der Waals surface area contributed by atoms with Gasteiger partial charge in [-0.2, -0.15) is 0 Å². The lowest BCUT2D eigenvalue weighted by Crippen LogP contribution is -2.53. The van der Waals surface area contributed by atoms with E-state index in [0.717, 1.165) is 69.5 Å². The molecule has 2 aliphatic carbocycles. The first-order valence-electron chi connectivity index (χ1n) is 21.1. The van der Waals surface area contributed by atoms with E-state index >= 15 is 0 Å². The number of benzene rings is 2. The zero-order chi connectivity index (χ0) is 40.4. The van der Waals surface area contributed by atoms with Gasteiger partial charge in [-0.1, -0.05) is 67.1 Å². The molecule has 4 heterocycles. The third kappa shape index (κ3) is 11.0. The highest BCUT2D eigenvalue weighted by Gasteiger charge is 2.31. The minimum Gasteiger partial charge on any atom is -0.349 e. The Morgan fingerprint density at radius 1 is 0.672 bits per heavy atom. The van der Waals surface area contributed by atoms with Crippen molar-refractivity contribution in [3.63, 3.8) is 0 Å². The Bertz CT molecular complexity index is 1830. The van der Waals surface area contributed by atoms with E-state index in [4.69, 9.17) is 0 Å². The lowest BCUT2D eigenvalue weighted by Gasteiger charge is -2.30. The molecule has 6 atom stereocenters. The SMILES string of the molecule is C[C@H](NC(=O)[C@@H]1CCC[C@H](c2ccccc2)C1)C(=O)NCc1cc2c(s1)CCC2.C[C@H](NC(=O)[C@H]1C[C@@H](c2ccccc2)CCN1)C(=O)NCc1cc2c(s1)CNC2. The van der Waals surface area contributed by atoms with Crippen LogP contribution in [0.25, 0.3) is 0 Å². The maximum Gasteiger partial charge on any atom is 0.242 e. The van der Waals surface area contributed by atoms with Crippen molar-refractivity contribution in [1.82, 2.24) is 31.9 Å².